The van der Waals surface area contributed by atoms with E-state index < -0.39 is 29.8 Å². The summed E-state index contributed by atoms with van der Waals surface area (Å²) in [6.07, 6.45) is 1.85. The van der Waals surface area contributed by atoms with E-state index in [1.54, 1.807) is 0 Å². The van der Waals surface area contributed by atoms with Crippen molar-refractivity contribution in [2.24, 2.45) is 0 Å². The monoisotopic (exact) mass is 321 g/mol. The SMILES string of the molecule is CO[C@H](C(=O)N[C@@H](CCC(=O)C=[N+]=[N-])C(=O)O)c1ccncn1. The molecular formula is C13H15N5O5. The fraction of sp³-hybridized carbons (Fsp3) is 0.385. The summed E-state index contributed by atoms with van der Waals surface area (Å²) in [6, 6.07) is 0.170. The first-order valence-electron chi connectivity index (χ1n) is 6.51. The third kappa shape index (κ3) is 5.73. The first kappa shape index (κ1) is 18.1. The number of ketones is 1. The molecular weight excluding hydrogens is 306 g/mol. The molecule has 0 unspecified atom stereocenters. The summed E-state index contributed by atoms with van der Waals surface area (Å²) in [5.74, 6) is -2.57. The first-order chi connectivity index (χ1) is 11.0. The van der Waals surface area contributed by atoms with Gasteiger partial charge in [0.25, 0.3) is 5.91 Å². The second-order valence-electron chi connectivity index (χ2n) is 4.40. The van der Waals surface area contributed by atoms with E-state index in [-0.39, 0.29) is 18.5 Å². The summed E-state index contributed by atoms with van der Waals surface area (Å²) >= 11 is 0. The van der Waals surface area contributed by atoms with Gasteiger partial charge in [0.2, 0.25) is 5.78 Å². The Morgan fingerprint density at radius 2 is 2.26 bits per heavy atom. The van der Waals surface area contributed by atoms with Gasteiger partial charge in [0, 0.05) is 19.7 Å². The maximum absolute atomic E-state index is 12.1. The highest BCUT2D eigenvalue weighted by atomic mass is 16.5. The Balaban J connectivity index is 2.74. The quantitative estimate of drug-likeness (QED) is 0.349. The van der Waals surface area contributed by atoms with Crippen LogP contribution >= 0.6 is 0 Å². The molecule has 122 valence electrons. The molecule has 0 radical (unpaired) electrons. The number of aromatic nitrogens is 2. The average Bonchev–Trinajstić information content (AvgIpc) is 2.53. The molecule has 0 aliphatic rings. The molecule has 0 saturated carbocycles. The molecule has 23 heavy (non-hydrogen) atoms. The normalized spacial score (nSPS) is 12.6. The van der Waals surface area contributed by atoms with Gasteiger partial charge in [0.15, 0.2) is 6.10 Å². The molecule has 0 aliphatic carbocycles. The number of ether oxygens (including phenoxy) is 1. The van der Waals surface area contributed by atoms with Crippen molar-refractivity contribution in [1.82, 2.24) is 15.3 Å². The van der Waals surface area contributed by atoms with E-state index in [2.05, 4.69) is 20.1 Å². The second kappa shape index (κ2) is 9.13. The number of carboxylic acid groups (broad SMARTS) is 1. The van der Waals surface area contributed by atoms with Crippen molar-refractivity contribution < 1.29 is 29.0 Å². The number of rotatable bonds is 9. The van der Waals surface area contributed by atoms with Gasteiger partial charge in [-0.05, 0) is 12.5 Å². The number of carbonyl (C=O) groups is 3. The maximum Gasteiger partial charge on any atom is 0.326 e. The van der Waals surface area contributed by atoms with Gasteiger partial charge < -0.3 is 20.7 Å². The van der Waals surface area contributed by atoms with E-state index in [1.165, 1.54) is 25.7 Å². The fourth-order valence-electron chi connectivity index (χ4n) is 1.74. The Bertz CT molecular complexity index is 614. The molecule has 2 atom stereocenters. The molecule has 1 aromatic rings. The van der Waals surface area contributed by atoms with Crippen LogP contribution in [0.25, 0.3) is 5.53 Å². The van der Waals surface area contributed by atoms with Crippen LogP contribution in [0.1, 0.15) is 24.6 Å². The van der Waals surface area contributed by atoms with E-state index in [1.807, 2.05) is 0 Å². The van der Waals surface area contributed by atoms with Gasteiger partial charge in [-0.25, -0.2) is 14.8 Å². The minimum absolute atomic E-state index is 0.161. The number of carboxylic acids is 1. The summed E-state index contributed by atoms with van der Waals surface area (Å²) in [5, 5.41) is 11.4. The van der Waals surface area contributed by atoms with Crippen LogP contribution in [-0.4, -0.2) is 56.9 Å². The van der Waals surface area contributed by atoms with Gasteiger partial charge in [0.1, 0.15) is 12.4 Å². The van der Waals surface area contributed by atoms with E-state index in [0.717, 1.165) is 0 Å². The highest BCUT2D eigenvalue weighted by molar-refractivity contribution is 6.25. The number of Topliss-reactive ketones (excluding diaryl/α,β-unsaturated/α-hetero) is 1. The summed E-state index contributed by atoms with van der Waals surface area (Å²) in [7, 11) is 1.28. The molecule has 0 saturated heterocycles. The summed E-state index contributed by atoms with van der Waals surface area (Å²) < 4.78 is 5.03. The Kier molecular flexibility index (Phi) is 7.18. The number of carbonyl (C=O) groups excluding carboxylic acids is 2. The van der Waals surface area contributed by atoms with Crippen molar-refractivity contribution in [3.05, 3.63) is 29.8 Å². The van der Waals surface area contributed by atoms with E-state index in [4.69, 9.17) is 15.4 Å². The van der Waals surface area contributed by atoms with Crippen molar-refractivity contribution in [1.29, 1.82) is 0 Å². The lowest BCUT2D eigenvalue weighted by atomic mass is 10.1. The molecule has 2 N–H and O–H groups in total. The van der Waals surface area contributed by atoms with Crippen LogP contribution in [0.3, 0.4) is 0 Å². The van der Waals surface area contributed by atoms with Gasteiger partial charge in [-0.3, -0.25) is 9.59 Å². The van der Waals surface area contributed by atoms with Crippen LogP contribution in [0.2, 0.25) is 0 Å². The number of hydrogen-bond donors (Lipinski definition) is 2. The Morgan fingerprint density at radius 3 is 2.78 bits per heavy atom. The number of methoxy groups -OCH3 is 1. The van der Waals surface area contributed by atoms with Crippen molar-refractivity contribution in [3.63, 3.8) is 0 Å². The zero-order chi connectivity index (χ0) is 17.2. The molecule has 0 fully saturated rings. The molecule has 10 heteroatoms. The smallest absolute Gasteiger partial charge is 0.326 e. The van der Waals surface area contributed by atoms with Gasteiger partial charge >= 0.3 is 12.2 Å². The lowest BCUT2D eigenvalue weighted by Crippen LogP contribution is -2.43. The molecule has 1 heterocycles. The maximum atomic E-state index is 12.1. The zero-order valence-electron chi connectivity index (χ0n) is 12.2. The summed E-state index contributed by atoms with van der Waals surface area (Å²) in [5.41, 5.74) is 8.49. The molecule has 1 aromatic heterocycles. The largest absolute Gasteiger partial charge is 0.480 e. The van der Waals surface area contributed by atoms with E-state index in [9.17, 15) is 14.4 Å². The Hall–Kier alpha value is -2.97. The number of nitrogens with zero attached hydrogens (tertiary/aromatic N) is 4. The highest BCUT2D eigenvalue weighted by Crippen LogP contribution is 2.14. The van der Waals surface area contributed by atoms with Gasteiger partial charge in [-0.2, -0.15) is 4.79 Å². The van der Waals surface area contributed by atoms with Crippen LogP contribution in [0.15, 0.2) is 18.6 Å². The van der Waals surface area contributed by atoms with Crippen molar-refractivity contribution in [2.75, 3.05) is 7.11 Å². The van der Waals surface area contributed by atoms with Gasteiger partial charge in [-0.1, -0.05) is 0 Å². The Morgan fingerprint density at radius 1 is 1.52 bits per heavy atom. The third-order valence-electron chi connectivity index (χ3n) is 2.84. The van der Waals surface area contributed by atoms with Crippen LogP contribution in [0.5, 0.6) is 0 Å². The highest BCUT2D eigenvalue weighted by Gasteiger charge is 2.27. The first-order valence-corrected chi connectivity index (χ1v) is 6.51. The van der Waals surface area contributed by atoms with Gasteiger partial charge in [-0.15, -0.1) is 0 Å². The van der Waals surface area contributed by atoms with Crippen LogP contribution in [-0.2, 0) is 19.1 Å². The number of amides is 1. The molecule has 0 aliphatic heterocycles. The standard InChI is InChI=1S/C13H15N5O5/c1-23-11(9-4-5-15-7-16-9)12(20)18-10(13(21)22)3-2-8(19)6-17-14/h4-7,10-11H,2-3H2,1H3,(H,18,20)(H,21,22)/t10-,11-/m0/s1. The molecule has 10 nitrogen and oxygen atoms in total. The third-order valence-corrected chi connectivity index (χ3v) is 2.84. The van der Waals surface area contributed by atoms with Crippen molar-refractivity contribution in [2.45, 2.75) is 25.0 Å². The molecule has 1 amide bonds. The number of aliphatic carboxylic acids is 1. The molecule has 0 spiro atoms. The minimum atomic E-state index is -1.30. The van der Waals surface area contributed by atoms with Crippen LogP contribution in [0.4, 0.5) is 0 Å². The number of hydrogen-bond acceptors (Lipinski definition) is 6. The molecule has 0 aromatic carbocycles. The lowest BCUT2D eigenvalue weighted by Gasteiger charge is -2.18. The van der Waals surface area contributed by atoms with Crippen molar-refractivity contribution >= 4 is 23.9 Å². The second-order valence-corrected chi connectivity index (χ2v) is 4.40. The van der Waals surface area contributed by atoms with Gasteiger partial charge in [0.05, 0.1) is 5.69 Å². The topological polar surface area (TPSA) is 155 Å². The zero-order valence-corrected chi connectivity index (χ0v) is 12.2. The predicted molar refractivity (Wildman–Crippen MR) is 75.3 cm³/mol. The molecule has 0 bridgehead atoms. The Labute approximate surface area is 131 Å². The number of nitrogens with one attached hydrogen (secondary N) is 1. The van der Waals surface area contributed by atoms with Crippen LogP contribution in [0, 0.1) is 0 Å². The predicted octanol–water partition coefficient (Wildman–Crippen LogP) is -0.617. The minimum Gasteiger partial charge on any atom is -0.480 e. The van der Waals surface area contributed by atoms with Crippen LogP contribution < -0.4 is 5.32 Å². The fourth-order valence-corrected chi connectivity index (χ4v) is 1.74. The van der Waals surface area contributed by atoms with E-state index >= 15 is 0 Å². The molecule has 1 rings (SSSR count). The summed E-state index contributed by atoms with van der Waals surface area (Å²) in [6.45, 7) is 0. The summed E-state index contributed by atoms with van der Waals surface area (Å²) in [4.78, 5) is 44.7. The average molecular weight is 321 g/mol. The van der Waals surface area contributed by atoms with Crippen molar-refractivity contribution in [3.8, 4) is 0 Å². The van der Waals surface area contributed by atoms with E-state index in [0.29, 0.717) is 6.21 Å². The lowest BCUT2D eigenvalue weighted by molar-refractivity contribution is -0.144.